The number of nitrogens with one attached hydrogen (secondary N) is 2. The van der Waals surface area contributed by atoms with Crippen molar-refractivity contribution in [3.05, 3.63) is 65.4 Å². The highest BCUT2D eigenvalue weighted by Gasteiger charge is 2.15. The Labute approximate surface area is 139 Å². The van der Waals surface area contributed by atoms with Crippen molar-refractivity contribution < 1.29 is 9.18 Å². The van der Waals surface area contributed by atoms with Gasteiger partial charge < -0.3 is 10.6 Å². The quantitative estimate of drug-likeness (QED) is 0.709. The maximum absolute atomic E-state index is 12.8. The maximum atomic E-state index is 12.8. The van der Waals surface area contributed by atoms with Gasteiger partial charge in [-0.25, -0.2) is 9.37 Å². The summed E-state index contributed by atoms with van der Waals surface area (Å²) in [5.74, 6) is -0.432. The van der Waals surface area contributed by atoms with Gasteiger partial charge in [0.1, 0.15) is 17.2 Å². The Hall–Kier alpha value is -2.89. The number of fused-ring (bicyclic) bond motifs is 1. The van der Waals surface area contributed by atoms with E-state index in [0.29, 0.717) is 24.5 Å². The van der Waals surface area contributed by atoms with Crippen LogP contribution < -0.4 is 10.6 Å². The molecule has 24 heavy (non-hydrogen) atoms. The van der Waals surface area contributed by atoms with E-state index in [4.69, 9.17) is 0 Å². The SMILES string of the molecule is Cc1ccc2nc(C)c(C(=O)NCCNc3ccc(F)cc3)n2c1. The molecule has 0 unspecified atom stereocenters. The fourth-order valence-electron chi connectivity index (χ4n) is 2.58. The fourth-order valence-corrected chi connectivity index (χ4v) is 2.58. The lowest BCUT2D eigenvalue weighted by Gasteiger charge is -2.08. The fraction of sp³-hybridized carbons (Fsp3) is 0.222. The van der Waals surface area contributed by atoms with E-state index < -0.39 is 0 Å². The van der Waals surface area contributed by atoms with Crippen LogP contribution in [0.4, 0.5) is 10.1 Å². The number of carbonyl (C=O) groups is 1. The maximum Gasteiger partial charge on any atom is 0.270 e. The smallest absolute Gasteiger partial charge is 0.270 e. The summed E-state index contributed by atoms with van der Waals surface area (Å²) >= 11 is 0. The number of carbonyl (C=O) groups excluding carboxylic acids is 1. The molecule has 0 aliphatic heterocycles. The van der Waals surface area contributed by atoms with E-state index in [0.717, 1.165) is 16.9 Å². The van der Waals surface area contributed by atoms with Crippen molar-refractivity contribution in [2.75, 3.05) is 18.4 Å². The number of hydrogen-bond acceptors (Lipinski definition) is 3. The largest absolute Gasteiger partial charge is 0.383 e. The zero-order valence-corrected chi connectivity index (χ0v) is 13.6. The second-order valence-electron chi connectivity index (χ2n) is 5.67. The number of rotatable bonds is 5. The van der Waals surface area contributed by atoms with Gasteiger partial charge in [-0.2, -0.15) is 0 Å². The van der Waals surface area contributed by atoms with Gasteiger partial charge >= 0.3 is 0 Å². The normalized spacial score (nSPS) is 10.8. The summed E-state index contributed by atoms with van der Waals surface area (Å²) in [6.07, 6.45) is 1.90. The van der Waals surface area contributed by atoms with Crippen LogP contribution >= 0.6 is 0 Å². The molecular formula is C18H19FN4O. The number of aryl methyl sites for hydroxylation is 2. The number of pyridine rings is 1. The molecule has 0 radical (unpaired) electrons. The molecule has 124 valence electrons. The minimum atomic E-state index is -0.271. The van der Waals surface area contributed by atoms with Crippen molar-refractivity contribution in [3.8, 4) is 0 Å². The van der Waals surface area contributed by atoms with E-state index in [1.165, 1.54) is 12.1 Å². The van der Waals surface area contributed by atoms with E-state index in [1.54, 1.807) is 12.1 Å². The summed E-state index contributed by atoms with van der Waals surface area (Å²) in [5.41, 5.74) is 3.88. The highest BCUT2D eigenvalue weighted by molar-refractivity contribution is 5.94. The minimum Gasteiger partial charge on any atom is -0.383 e. The number of imidazole rings is 1. The standard InChI is InChI=1S/C18H19FN4O/c1-12-3-8-16-22-13(2)17(23(16)11-12)18(24)21-10-9-20-15-6-4-14(19)5-7-15/h3-8,11,20H,9-10H2,1-2H3,(H,21,24). The van der Waals surface area contributed by atoms with Gasteiger partial charge in [0.05, 0.1) is 5.69 Å². The molecule has 0 saturated carbocycles. The Kier molecular flexibility index (Phi) is 4.46. The summed E-state index contributed by atoms with van der Waals surface area (Å²) in [4.78, 5) is 16.9. The average Bonchev–Trinajstić information content (AvgIpc) is 2.88. The first kappa shape index (κ1) is 16.0. The molecule has 2 N–H and O–H groups in total. The highest BCUT2D eigenvalue weighted by Crippen LogP contribution is 2.13. The van der Waals surface area contributed by atoms with Crippen LogP contribution in [0.5, 0.6) is 0 Å². The van der Waals surface area contributed by atoms with Crippen LogP contribution in [0.15, 0.2) is 42.6 Å². The Bertz CT molecular complexity index is 871. The second-order valence-corrected chi connectivity index (χ2v) is 5.67. The van der Waals surface area contributed by atoms with Crippen LogP contribution in [0.3, 0.4) is 0 Å². The summed E-state index contributed by atoms with van der Waals surface area (Å²) < 4.78 is 14.7. The third-order valence-electron chi connectivity index (χ3n) is 3.74. The monoisotopic (exact) mass is 326 g/mol. The Morgan fingerprint density at radius 3 is 2.62 bits per heavy atom. The molecule has 0 spiro atoms. The van der Waals surface area contributed by atoms with Gasteiger partial charge in [-0.15, -0.1) is 0 Å². The lowest BCUT2D eigenvalue weighted by Crippen LogP contribution is -2.30. The highest BCUT2D eigenvalue weighted by atomic mass is 19.1. The number of aromatic nitrogens is 2. The Morgan fingerprint density at radius 2 is 1.88 bits per heavy atom. The third-order valence-corrected chi connectivity index (χ3v) is 3.74. The van der Waals surface area contributed by atoms with E-state index in [-0.39, 0.29) is 11.7 Å². The van der Waals surface area contributed by atoms with Gasteiger partial charge in [-0.1, -0.05) is 6.07 Å². The lowest BCUT2D eigenvalue weighted by atomic mass is 10.3. The number of nitrogens with zero attached hydrogens (tertiary/aromatic N) is 2. The molecule has 0 bridgehead atoms. The molecule has 0 atom stereocenters. The van der Waals surface area contributed by atoms with Crippen molar-refractivity contribution in [1.82, 2.24) is 14.7 Å². The van der Waals surface area contributed by atoms with Gasteiger partial charge in [-0.05, 0) is 49.7 Å². The van der Waals surface area contributed by atoms with Crippen LogP contribution in [0.25, 0.3) is 5.65 Å². The molecule has 3 aromatic rings. The molecule has 5 nitrogen and oxygen atoms in total. The summed E-state index contributed by atoms with van der Waals surface area (Å²) in [6.45, 7) is 4.80. The molecule has 2 heterocycles. The average molecular weight is 326 g/mol. The van der Waals surface area contributed by atoms with Gasteiger partial charge in [0.15, 0.2) is 0 Å². The lowest BCUT2D eigenvalue weighted by molar-refractivity contribution is 0.0948. The van der Waals surface area contributed by atoms with Crippen LogP contribution in [-0.2, 0) is 0 Å². The molecule has 2 aromatic heterocycles. The zero-order chi connectivity index (χ0) is 17.1. The molecule has 1 aromatic carbocycles. The summed E-state index contributed by atoms with van der Waals surface area (Å²) in [6, 6.07) is 9.98. The molecular weight excluding hydrogens is 307 g/mol. The number of benzene rings is 1. The van der Waals surface area contributed by atoms with Crippen molar-refractivity contribution in [2.45, 2.75) is 13.8 Å². The minimum absolute atomic E-state index is 0.161. The number of amides is 1. The molecule has 0 fully saturated rings. The van der Waals surface area contributed by atoms with Crippen LogP contribution in [0.1, 0.15) is 21.7 Å². The topological polar surface area (TPSA) is 58.4 Å². The van der Waals surface area contributed by atoms with Gasteiger partial charge in [0, 0.05) is 25.0 Å². The van der Waals surface area contributed by atoms with Gasteiger partial charge in [0.25, 0.3) is 5.91 Å². The molecule has 6 heteroatoms. The van der Waals surface area contributed by atoms with E-state index in [9.17, 15) is 9.18 Å². The van der Waals surface area contributed by atoms with Crippen LogP contribution in [0.2, 0.25) is 0 Å². The van der Waals surface area contributed by atoms with Crippen molar-refractivity contribution >= 4 is 17.2 Å². The molecule has 3 rings (SSSR count). The summed E-state index contributed by atoms with van der Waals surface area (Å²) in [5, 5.41) is 6.01. The summed E-state index contributed by atoms with van der Waals surface area (Å²) in [7, 11) is 0. The number of hydrogen-bond donors (Lipinski definition) is 2. The predicted octanol–water partition coefficient (Wildman–Crippen LogP) is 2.93. The van der Waals surface area contributed by atoms with Gasteiger partial charge in [-0.3, -0.25) is 9.20 Å². The first-order valence-electron chi connectivity index (χ1n) is 7.77. The first-order valence-corrected chi connectivity index (χ1v) is 7.77. The third kappa shape index (κ3) is 3.37. The van der Waals surface area contributed by atoms with Gasteiger partial charge in [0.2, 0.25) is 0 Å². The van der Waals surface area contributed by atoms with Crippen molar-refractivity contribution in [3.63, 3.8) is 0 Å². The number of anilines is 1. The zero-order valence-electron chi connectivity index (χ0n) is 13.6. The molecule has 0 aliphatic carbocycles. The van der Waals surface area contributed by atoms with Crippen molar-refractivity contribution in [2.24, 2.45) is 0 Å². The van der Waals surface area contributed by atoms with E-state index in [1.807, 2.05) is 36.6 Å². The van der Waals surface area contributed by atoms with Crippen LogP contribution in [0, 0.1) is 19.7 Å². The van der Waals surface area contributed by atoms with E-state index in [2.05, 4.69) is 15.6 Å². The molecule has 1 amide bonds. The number of halogens is 1. The Morgan fingerprint density at radius 1 is 1.12 bits per heavy atom. The Balaban J connectivity index is 1.62. The predicted molar refractivity (Wildman–Crippen MR) is 91.9 cm³/mol. The second kappa shape index (κ2) is 6.70. The van der Waals surface area contributed by atoms with Crippen molar-refractivity contribution in [1.29, 1.82) is 0 Å². The van der Waals surface area contributed by atoms with Crippen LogP contribution in [-0.4, -0.2) is 28.4 Å². The van der Waals surface area contributed by atoms with E-state index >= 15 is 0 Å². The molecule has 0 saturated heterocycles. The molecule has 0 aliphatic rings. The first-order chi connectivity index (χ1) is 11.5.